The number of anilines is 1. The number of rotatable bonds is 8. The molecular formula is C19H17F3N4O4S2. The number of benzene rings is 1. The summed E-state index contributed by atoms with van der Waals surface area (Å²) in [5.41, 5.74) is -0.542. The molecule has 170 valence electrons. The first kappa shape index (κ1) is 23.6. The minimum atomic E-state index is -4.46. The van der Waals surface area contributed by atoms with Gasteiger partial charge in [-0.25, -0.2) is 4.79 Å². The molecule has 0 atom stereocenters. The van der Waals surface area contributed by atoms with Gasteiger partial charge in [-0.1, -0.05) is 17.8 Å². The Morgan fingerprint density at radius 2 is 2.03 bits per heavy atom. The van der Waals surface area contributed by atoms with E-state index in [1.807, 2.05) is 0 Å². The Balaban J connectivity index is 1.56. The van der Waals surface area contributed by atoms with Gasteiger partial charge in [-0.3, -0.25) is 4.79 Å². The quantitative estimate of drug-likeness (QED) is 0.380. The van der Waals surface area contributed by atoms with Crippen LogP contribution in [0.1, 0.15) is 21.7 Å². The number of nitrogens with zero attached hydrogens (tertiary/aromatic N) is 3. The predicted octanol–water partition coefficient (Wildman–Crippen LogP) is 3.99. The monoisotopic (exact) mass is 486 g/mol. The van der Waals surface area contributed by atoms with E-state index in [4.69, 9.17) is 4.74 Å². The molecule has 0 radical (unpaired) electrons. The molecule has 0 aliphatic heterocycles. The highest BCUT2D eigenvalue weighted by molar-refractivity contribution is 7.99. The van der Waals surface area contributed by atoms with Crippen molar-refractivity contribution in [3.63, 3.8) is 0 Å². The number of esters is 1. The van der Waals surface area contributed by atoms with Crippen molar-refractivity contribution in [2.45, 2.75) is 17.9 Å². The van der Waals surface area contributed by atoms with Gasteiger partial charge in [-0.05, 0) is 29.6 Å². The van der Waals surface area contributed by atoms with Gasteiger partial charge in [-0.2, -0.15) is 13.2 Å². The zero-order valence-corrected chi connectivity index (χ0v) is 18.4. The maximum atomic E-state index is 12.8. The summed E-state index contributed by atoms with van der Waals surface area (Å²) in [6.45, 7) is -0.102. The number of thioether (sulfide) groups is 1. The van der Waals surface area contributed by atoms with Gasteiger partial charge in [0.15, 0.2) is 11.0 Å². The third kappa shape index (κ3) is 5.79. The van der Waals surface area contributed by atoms with Crippen molar-refractivity contribution in [1.29, 1.82) is 0 Å². The third-order valence-electron chi connectivity index (χ3n) is 4.11. The Bertz CT molecular complexity index is 1110. The second-order valence-corrected chi connectivity index (χ2v) is 8.12. The number of aromatic nitrogens is 3. The summed E-state index contributed by atoms with van der Waals surface area (Å²) in [6, 6.07) is 6.09. The SMILES string of the molecule is COC(=O)c1ccsc1NC(=O)CSc1nnc(COc2cccc(C(F)(F)F)c2)n1C. The van der Waals surface area contributed by atoms with E-state index >= 15 is 0 Å². The Kier molecular flexibility index (Phi) is 7.40. The largest absolute Gasteiger partial charge is 0.486 e. The van der Waals surface area contributed by atoms with Crippen molar-refractivity contribution in [3.8, 4) is 5.75 Å². The average molecular weight is 486 g/mol. The molecule has 0 aliphatic rings. The number of amides is 1. The topological polar surface area (TPSA) is 95.3 Å². The molecule has 2 aromatic heterocycles. The fourth-order valence-electron chi connectivity index (χ4n) is 2.48. The number of hydrogen-bond donors (Lipinski definition) is 1. The summed E-state index contributed by atoms with van der Waals surface area (Å²) in [5.74, 6) is -0.482. The smallest absolute Gasteiger partial charge is 0.416 e. The van der Waals surface area contributed by atoms with Crippen LogP contribution >= 0.6 is 23.1 Å². The summed E-state index contributed by atoms with van der Waals surface area (Å²) in [5, 5.41) is 13.1. The molecule has 2 heterocycles. The molecule has 1 aromatic carbocycles. The maximum Gasteiger partial charge on any atom is 0.416 e. The number of thiophene rings is 1. The molecule has 0 aliphatic carbocycles. The first-order valence-corrected chi connectivity index (χ1v) is 10.8. The van der Waals surface area contributed by atoms with E-state index in [9.17, 15) is 22.8 Å². The number of hydrogen-bond acceptors (Lipinski definition) is 8. The Labute approximate surface area is 188 Å². The van der Waals surface area contributed by atoms with E-state index in [0.717, 1.165) is 23.9 Å². The van der Waals surface area contributed by atoms with Crippen LogP contribution in [0.4, 0.5) is 18.2 Å². The van der Waals surface area contributed by atoms with Crippen LogP contribution in [-0.2, 0) is 29.4 Å². The molecule has 32 heavy (non-hydrogen) atoms. The van der Waals surface area contributed by atoms with Crippen LogP contribution < -0.4 is 10.1 Å². The van der Waals surface area contributed by atoms with E-state index in [1.165, 1.54) is 30.6 Å². The third-order valence-corrected chi connectivity index (χ3v) is 5.96. The molecular weight excluding hydrogens is 469 g/mol. The van der Waals surface area contributed by atoms with Gasteiger partial charge in [0.1, 0.15) is 17.4 Å². The molecule has 1 N–H and O–H groups in total. The molecule has 0 unspecified atom stereocenters. The van der Waals surface area contributed by atoms with E-state index in [0.29, 0.717) is 16.0 Å². The first-order chi connectivity index (χ1) is 15.2. The lowest BCUT2D eigenvalue weighted by Gasteiger charge is -2.10. The van der Waals surface area contributed by atoms with Crippen LogP contribution in [0.3, 0.4) is 0 Å². The molecule has 13 heteroatoms. The maximum absolute atomic E-state index is 12.8. The first-order valence-electron chi connectivity index (χ1n) is 8.96. The predicted molar refractivity (Wildman–Crippen MR) is 112 cm³/mol. The molecule has 1 amide bonds. The molecule has 0 bridgehead atoms. The van der Waals surface area contributed by atoms with Gasteiger partial charge >= 0.3 is 12.1 Å². The Morgan fingerprint density at radius 3 is 2.75 bits per heavy atom. The molecule has 3 aromatic rings. The summed E-state index contributed by atoms with van der Waals surface area (Å²) in [7, 11) is 2.91. The van der Waals surface area contributed by atoms with Gasteiger partial charge in [0, 0.05) is 7.05 Å². The van der Waals surface area contributed by atoms with Crippen LogP contribution in [0.15, 0.2) is 40.9 Å². The molecule has 0 saturated carbocycles. The van der Waals surface area contributed by atoms with Crippen molar-refractivity contribution in [3.05, 3.63) is 52.7 Å². The van der Waals surface area contributed by atoms with Crippen molar-refractivity contribution in [2.24, 2.45) is 7.05 Å². The normalized spacial score (nSPS) is 11.3. The van der Waals surface area contributed by atoms with E-state index in [1.54, 1.807) is 23.1 Å². The minimum absolute atomic E-state index is 0.00102. The minimum Gasteiger partial charge on any atom is -0.486 e. The average Bonchev–Trinajstić information content (AvgIpc) is 3.36. The standard InChI is InChI=1S/C19H17F3N4O4S2/c1-26-14(9-30-12-5-3-4-11(8-12)19(20,21)22)24-25-18(26)32-10-15(27)23-16-13(6-7-31-16)17(28)29-2/h3-8H,9-10H2,1-2H3,(H,23,27). The molecule has 0 saturated heterocycles. The van der Waals surface area contributed by atoms with Gasteiger partial charge in [0.25, 0.3) is 0 Å². The van der Waals surface area contributed by atoms with Gasteiger partial charge in [0.2, 0.25) is 5.91 Å². The number of ether oxygens (including phenoxy) is 2. The molecule has 0 spiro atoms. The van der Waals surface area contributed by atoms with E-state index in [-0.39, 0.29) is 29.6 Å². The molecule has 3 rings (SSSR count). The lowest BCUT2D eigenvalue weighted by atomic mass is 10.2. The van der Waals surface area contributed by atoms with Crippen molar-refractivity contribution < 1.29 is 32.2 Å². The summed E-state index contributed by atoms with van der Waals surface area (Å²) in [4.78, 5) is 23.9. The van der Waals surface area contributed by atoms with Gasteiger partial charge in [0.05, 0.1) is 24.0 Å². The number of nitrogens with one attached hydrogen (secondary N) is 1. The van der Waals surface area contributed by atoms with Crippen LogP contribution in [0.5, 0.6) is 5.75 Å². The van der Waals surface area contributed by atoms with Crippen LogP contribution in [0.2, 0.25) is 0 Å². The van der Waals surface area contributed by atoms with Crippen molar-refractivity contribution in [2.75, 3.05) is 18.2 Å². The fourth-order valence-corrected chi connectivity index (χ4v) is 4.00. The van der Waals surface area contributed by atoms with Crippen LogP contribution in [-0.4, -0.2) is 39.5 Å². The number of alkyl halides is 3. The lowest BCUT2D eigenvalue weighted by Crippen LogP contribution is -2.16. The highest BCUT2D eigenvalue weighted by Gasteiger charge is 2.30. The zero-order chi connectivity index (χ0) is 23.3. The second kappa shape index (κ2) is 10.0. The zero-order valence-electron chi connectivity index (χ0n) is 16.8. The molecule has 0 fully saturated rings. The van der Waals surface area contributed by atoms with E-state index < -0.39 is 17.7 Å². The highest BCUT2D eigenvalue weighted by Crippen LogP contribution is 2.31. The lowest BCUT2D eigenvalue weighted by molar-refractivity contribution is -0.137. The number of methoxy groups -OCH3 is 1. The summed E-state index contributed by atoms with van der Waals surface area (Å²) >= 11 is 2.30. The van der Waals surface area contributed by atoms with Crippen molar-refractivity contribution in [1.82, 2.24) is 14.8 Å². The number of halogens is 3. The summed E-state index contributed by atoms with van der Waals surface area (Å²) < 4.78 is 50.1. The number of carbonyl (C=O) groups is 2. The van der Waals surface area contributed by atoms with Crippen LogP contribution in [0, 0.1) is 0 Å². The highest BCUT2D eigenvalue weighted by atomic mass is 32.2. The summed E-state index contributed by atoms with van der Waals surface area (Å²) in [6.07, 6.45) is -4.46. The molecule has 8 nitrogen and oxygen atoms in total. The number of carbonyl (C=O) groups excluding carboxylic acids is 2. The van der Waals surface area contributed by atoms with Gasteiger partial charge < -0.3 is 19.4 Å². The van der Waals surface area contributed by atoms with E-state index in [2.05, 4.69) is 20.3 Å². The van der Waals surface area contributed by atoms with Gasteiger partial charge in [-0.15, -0.1) is 21.5 Å². The second-order valence-electron chi connectivity index (χ2n) is 6.26. The van der Waals surface area contributed by atoms with Crippen LogP contribution in [0.25, 0.3) is 0 Å². The van der Waals surface area contributed by atoms with Crippen molar-refractivity contribution >= 4 is 40.0 Å². The Hall–Kier alpha value is -3.06. The Morgan fingerprint density at radius 1 is 1.25 bits per heavy atom. The fraction of sp³-hybridized carbons (Fsp3) is 0.263.